The Balaban J connectivity index is 0. The maximum Gasteiger partial charge on any atom is 0.302 e. The van der Waals surface area contributed by atoms with Crippen LogP contribution in [0.1, 0.15) is 59.3 Å². The van der Waals surface area contributed by atoms with Gasteiger partial charge in [0.15, 0.2) is 0 Å². The summed E-state index contributed by atoms with van der Waals surface area (Å²) in [5.41, 5.74) is 0. The molecule has 3 heteroatoms. The zero-order valence-corrected chi connectivity index (χ0v) is 10.3. The molecule has 0 unspecified atom stereocenters. The Morgan fingerprint density at radius 3 is 2.13 bits per heavy atom. The van der Waals surface area contributed by atoms with Crippen molar-refractivity contribution in [2.45, 2.75) is 59.3 Å². The number of esters is 1. The van der Waals surface area contributed by atoms with Gasteiger partial charge in [-0.05, 0) is 12.8 Å². The van der Waals surface area contributed by atoms with E-state index in [1.807, 2.05) is 6.92 Å². The highest BCUT2D eigenvalue weighted by molar-refractivity contribution is 5.65. The minimum Gasteiger partial charge on any atom is -0.466 e. The molecule has 0 spiro atoms. The summed E-state index contributed by atoms with van der Waals surface area (Å²) in [6.45, 7) is 6.09. The fraction of sp³-hybridized carbons (Fsp3) is 0.833. The van der Waals surface area contributed by atoms with Crippen LogP contribution < -0.4 is 0 Å². The molecule has 0 aliphatic heterocycles. The van der Waals surface area contributed by atoms with Crippen LogP contribution in [0.5, 0.6) is 0 Å². The molecule has 0 aromatic heterocycles. The second-order valence-corrected chi connectivity index (χ2v) is 3.36. The van der Waals surface area contributed by atoms with Gasteiger partial charge in [-0.1, -0.05) is 33.1 Å². The third-order valence-corrected chi connectivity index (χ3v) is 1.68. The normalized spacial score (nSPS) is 8.73. The van der Waals surface area contributed by atoms with Crippen LogP contribution in [0.15, 0.2) is 0 Å². The van der Waals surface area contributed by atoms with Crippen molar-refractivity contribution in [2.75, 3.05) is 6.61 Å². The van der Waals surface area contributed by atoms with Crippen LogP contribution in [0.2, 0.25) is 0 Å². The number of unbranched alkanes of at least 4 members (excludes halogenated alkanes) is 4. The molecule has 90 valence electrons. The number of rotatable bonds is 7. The van der Waals surface area contributed by atoms with E-state index in [4.69, 9.17) is 0 Å². The Bertz CT molecular complexity index is 144. The number of hydrogen-bond donors (Lipinski definition) is 0. The lowest BCUT2D eigenvalue weighted by Gasteiger charge is -1.93. The molecule has 0 bridgehead atoms. The minimum atomic E-state index is -0.193. The van der Waals surface area contributed by atoms with Gasteiger partial charge in [0.1, 0.15) is 6.29 Å². The maximum absolute atomic E-state index is 9.98. The van der Waals surface area contributed by atoms with E-state index in [1.165, 1.54) is 26.2 Å². The number of aldehydes is 1. The highest BCUT2D eigenvalue weighted by Gasteiger charge is 1.85. The van der Waals surface area contributed by atoms with Gasteiger partial charge < -0.3 is 9.53 Å². The summed E-state index contributed by atoms with van der Waals surface area (Å²) in [6, 6.07) is 0. The molecule has 0 saturated carbocycles. The Labute approximate surface area is 93.2 Å². The van der Waals surface area contributed by atoms with E-state index in [1.54, 1.807) is 0 Å². The largest absolute Gasteiger partial charge is 0.466 e. The van der Waals surface area contributed by atoms with Gasteiger partial charge in [0.2, 0.25) is 0 Å². The molecule has 0 aliphatic carbocycles. The molecule has 0 aromatic rings. The Hall–Kier alpha value is -0.860. The molecule has 0 radical (unpaired) electrons. The fourth-order valence-electron chi connectivity index (χ4n) is 0.900. The van der Waals surface area contributed by atoms with E-state index in [0.717, 1.165) is 25.5 Å². The summed E-state index contributed by atoms with van der Waals surface area (Å²) < 4.78 is 4.55. The van der Waals surface area contributed by atoms with E-state index in [2.05, 4.69) is 11.7 Å². The molecular weight excluding hydrogens is 192 g/mol. The van der Waals surface area contributed by atoms with E-state index in [-0.39, 0.29) is 5.97 Å². The third kappa shape index (κ3) is 24.6. The van der Waals surface area contributed by atoms with Crippen molar-refractivity contribution in [3.8, 4) is 0 Å². The second kappa shape index (κ2) is 15.6. The Morgan fingerprint density at radius 2 is 1.80 bits per heavy atom. The zero-order chi connectivity index (χ0) is 11.9. The molecule has 0 fully saturated rings. The first-order valence-corrected chi connectivity index (χ1v) is 5.76. The standard InChI is InChI=1S/C7H14O.C5H10O2/c1-2-3-4-5-6-7-8;1-3-4-7-5(2)6/h7H,2-6H2,1H3;3-4H2,1-2H3. The Morgan fingerprint density at radius 1 is 1.13 bits per heavy atom. The van der Waals surface area contributed by atoms with Crippen LogP contribution in [0.25, 0.3) is 0 Å². The Kier molecular flexibility index (Phi) is 17.2. The van der Waals surface area contributed by atoms with E-state index in [9.17, 15) is 9.59 Å². The monoisotopic (exact) mass is 216 g/mol. The molecule has 0 amide bonds. The van der Waals surface area contributed by atoms with Crippen molar-refractivity contribution in [1.82, 2.24) is 0 Å². The molecule has 0 heterocycles. The van der Waals surface area contributed by atoms with Crippen molar-refractivity contribution in [2.24, 2.45) is 0 Å². The molecule has 0 aromatic carbocycles. The first kappa shape index (κ1) is 16.6. The fourth-order valence-corrected chi connectivity index (χ4v) is 0.900. The lowest BCUT2D eigenvalue weighted by molar-refractivity contribution is -0.140. The number of hydrogen-bond acceptors (Lipinski definition) is 3. The van der Waals surface area contributed by atoms with Gasteiger partial charge >= 0.3 is 5.97 Å². The van der Waals surface area contributed by atoms with Crippen LogP contribution in [0.4, 0.5) is 0 Å². The molecule has 0 N–H and O–H groups in total. The SMILES string of the molecule is CCCCCCC=O.CCCOC(C)=O. The molecule has 15 heavy (non-hydrogen) atoms. The first-order chi connectivity index (χ1) is 7.18. The van der Waals surface area contributed by atoms with Crippen molar-refractivity contribution in [3.63, 3.8) is 0 Å². The number of ether oxygens (including phenoxy) is 1. The van der Waals surface area contributed by atoms with Crippen LogP contribution >= 0.6 is 0 Å². The summed E-state index contributed by atoms with van der Waals surface area (Å²) in [5, 5.41) is 0. The highest BCUT2D eigenvalue weighted by Crippen LogP contribution is 1.99. The summed E-state index contributed by atoms with van der Waals surface area (Å²) in [5.74, 6) is -0.193. The van der Waals surface area contributed by atoms with Gasteiger partial charge in [0, 0.05) is 13.3 Å². The van der Waals surface area contributed by atoms with E-state index < -0.39 is 0 Å². The average Bonchev–Trinajstić information content (AvgIpc) is 2.22. The third-order valence-electron chi connectivity index (χ3n) is 1.68. The lowest BCUT2D eigenvalue weighted by atomic mass is 10.2. The second-order valence-electron chi connectivity index (χ2n) is 3.36. The van der Waals surface area contributed by atoms with Crippen molar-refractivity contribution < 1.29 is 14.3 Å². The first-order valence-electron chi connectivity index (χ1n) is 5.76. The van der Waals surface area contributed by atoms with Gasteiger partial charge in [-0.25, -0.2) is 0 Å². The number of carbonyl (C=O) groups excluding carboxylic acids is 2. The van der Waals surface area contributed by atoms with Gasteiger partial charge in [-0.3, -0.25) is 4.79 Å². The maximum atomic E-state index is 9.98. The minimum absolute atomic E-state index is 0.193. The topological polar surface area (TPSA) is 43.4 Å². The molecule has 3 nitrogen and oxygen atoms in total. The van der Waals surface area contributed by atoms with Crippen LogP contribution in [0, 0.1) is 0 Å². The number of carbonyl (C=O) groups is 2. The molecule has 0 saturated heterocycles. The van der Waals surface area contributed by atoms with Crippen molar-refractivity contribution >= 4 is 12.3 Å². The summed E-state index contributed by atoms with van der Waals surface area (Å²) in [7, 11) is 0. The van der Waals surface area contributed by atoms with Gasteiger partial charge in [0.25, 0.3) is 0 Å². The smallest absolute Gasteiger partial charge is 0.302 e. The van der Waals surface area contributed by atoms with Crippen molar-refractivity contribution in [1.29, 1.82) is 0 Å². The van der Waals surface area contributed by atoms with Gasteiger partial charge in [-0.2, -0.15) is 0 Å². The van der Waals surface area contributed by atoms with Gasteiger partial charge in [0.05, 0.1) is 6.61 Å². The van der Waals surface area contributed by atoms with E-state index in [0.29, 0.717) is 6.61 Å². The van der Waals surface area contributed by atoms with Crippen LogP contribution in [-0.4, -0.2) is 18.9 Å². The quantitative estimate of drug-likeness (QED) is 0.373. The van der Waals surface area contributed by atoms with Crippen LogP contribution in [0.3, 0.4) is 0 Å². The van der Waals surface area contributed by atoms with E-state index >= 15 is 0 Å². The predicted octanol–water partition coefficient (Wildman–Crippen LogP) is 3.12. The zero-order valence-electron chi connectivity index (χ0n) is 10.3. The molecule has 0 aliphatic rings. The summed E-state index contributed by atoms with van der Waals surface area (Å²) in [6.07, 6.45) is 7.47. The average molecular weight is 216 g/mol. The molecular formula is C12H24O3. The predicted molar refractivity (Wildman–Crippen MR) is 61.7 cm³/mol. The highest BCUT2D eigenvalue weighted by atomic mass is 16.5. The van der Waals surface area contributed by atoms with Crippen LogP contribution in [-0.2, 0) is 14.3 Å². The molecule has 0 rings (SSSR count). The van der Waals surface area contributed by atoms with Crippen molar-refractivity contribution in [3.05, 3.63) is 0 Å². The van der Waals surface area contributed by atoms with Gasteiger partial charge in [-0.15, -0.1) is 0 Å². The molecule has 0 atom stereocenters. The summed E-state index contributed by atoms with van der Waals surface area (Å²) >= 11 is 0. The lowest BCUT2D eigenvalue weighted by Crippen LogP contribution is -1.98. The summed E-state index contributed by atoms with van der Waals surface area (Å²) in [4.78, 5) is 19.7.